The number of nitrogens with zero attached hydrogens (tertiary/aromatic N) is 2. The first kappa shape index (κ1) is 19.1. The third-order valence-electron chi connectivity index (χ3n) is 4.68. The van der Waals surface area contributed by atoms with Crippen molar-refractivity contribution in [2.75, 3.05) is 7.05 Å². The topological polar surface area (TPSA) is 98.3 Å². The van der Waals surface area contributed by atoms with Gasteiger partial charge in [0.25, 0.3) is 11.6 Å². The molecule has 0 spiro atoms. The number of amides is 1. The molecule has 0 fully saturated rings. The molecule has 1 amide bonds. The van der Waals surface area contributed by atoms with Crippen molar-refractivity contribution < 1.29 is 14.1 Å². The smallest absolute Gasteiger partial charge is 0.269 e. The minimum Gasteiger partial charge on any atom is -0.463 e. The van der Waals surface area contributed by atoms with Gasteiger partial charge in [-0.1, -0.05) is 12.1 Å². The third kappa shape index (κ3) is 3.81. The molecular weight excluding hydrogens is 382 g/mol. The predicted octanol–water partition coefficient (Wildman–Crippen LogP) is 4.94. The van der Waals surface area contributed by atoms with E-state index in [0.717, 1.165) is 16.7 Å². The Morgan fingerprint density at radius 3 is 2.20 bits per heavy atom. The molecule has 7 heteroatoms. The van der Waals surface area contributed by atoms with Gasteiger partial charge in [-0.25, -0.2) is 4.98 Å². The summed E-state index contributed by atoms with van der Waals surface area (Å²) in [6.07, 6.45) is 1.58. The molecule has 0 saturated carbocycles. The van der Waals surface area contributed by atoms with Crippen molar-refractivity contribution in [2.24, 2.45) is 0 Å². The second-order valence-electron chi connectivity index (χ2n) is 6.56. The van der Waals surface area contributed by atoms with E-state index >= 15 is 0 Å². The largest absolute Gasteiger partial charge is 0.463 e. The Kier molecular flexibility index (Phi) is 5.09. The molecule has 0 aliphatic rings. The number of pyridine rings is 1. The average molecular weight is 399 g/mol. The first-order valence-electron chi connectivity index (χ1n) is 9.18. The fourth-order valence-electron chi connectivity index (χ4n) is 3.11. The lowest BCUT2D eigenvalue weighted by molar-refractivity contribution is -0.384. The summed E-state index contributed by atoms with van der Waals surface area (Å²) < 4.78 is 5.51. The first-order valence-corrected chi connectivity index (χ1v) is 9.18. The van der Waals surface area contributed by atoms with Crippen molar-refractivity contribution >= 4 is 11.6 Å². The minimum absolute atomic E-state index is 0.0194. The molecule has 2 aromatic carbocycles. The number of nitrogens with one attached hydrogen (secondary N) is 1. The number of aromatic nitrogens is 1. The second-order valence-corrected chi connectivity index (χ2v) is 6.56. The number of furan rings is 1. The average Bonchev–Trinajstić information content (AvgIpc) is 3.33. The molecule has 0 aliphatic heterocycles. The van der Waals surface area contributed by atoms with Crippen LogP contribution in [0.5, 0.6) is 0 Å². The summed E-state index contributed by atoms with van der Waals surface area (Å²) in [5.41, 5.74) is 4.42. The van der Waals surface area contributed by atoms with Crippen molar-refractivity contribution in [3.63, 3.8) is 0 Å². The Labute approximate surface area is 172 Å². The highest BCUT2D eigenvalue weighted by atomic mass is 16.6. The van der Waals surface area contributed by atoms with E-state index in [1.807, 2.05) is 30.3 Å². The fraction of sp³-hybridized carbons (Fsp3) is 0.0435. The van der Waals surface area contributed by atoms with Gasteiger partial charge in [0.2, 0.25) is 0 Å². The van der Waals surface area contributed by atoms with E-state index in [1.165, 1.54) is 12.1 Å². The van der Waals surface area contributed by atoms with Crippen LogP contribution in [0.3, 0.4) is 0 Å². The molecule has 148 valence electrons. The van der Waals surface area contributed by atoms with Gasteiger partial charge in [-0.15, -0.1) is 0 Å². The minimum atomic E-state index is -0.435. The normalized spacial score (nSPS) is 10.6. The summed E-state index contributed by atoms with van der Waals surface area (Å²) in [6.45, 7) is 0. The van der Waals surface area contributed by atoms with Crippen LogP contribution in [0.1, 0.15) is 10.4 Å². The molecule has 7 nitrogen and oxygen atoms in total. The van der Waals surface area contributed by atoms with Gasteiger partial charge in [-0.3, -0.25) is 14.9 Å². The zero-order chi connectivity index (χ0) is 21.1. The second kappa shape index (κ2) is 8.00. The Morgan fingerprint density at radius 2 is 1.60 bits per heavy atom. The van der Waals surface area contributed by atoms with Gasteiger partial charge in [0.05, 0.1) is 16.9 Å². The monoisotopic (exact) mass is 399 g/mol. The highest BCUT2D eigenvalue weighted by molar-refractivity contribution is 5.94. The zero-order valence-corrected chi connectivity index (χ0v) is 16.0. The molecule has 0 aliphatic carbocycles. The Balaban J connectivity index is 1.80. The van der Waals surface area contributed by atoms with Crippen molar-refractivity contribution in [3.05, 3.63) is 94.7 Å². The molecule has 0 saturated heterocycles. The molecule has 0 unspecified atom stereocenters. The molecule has 0 atom stereocenters. The van der Waals surface area contributed by atoms with Gasteiger partial charge in [0, 0.05) is 30.3 Å². The summed E-state index contributed by atoms with van der Waals surface area (Å²) in [5.74, 6) is 0.459. The van der Waals surface area contributed by atoms with Crippen LogP contribution in [-0.4, -0.2) is 22.9 Å². The molecule has 30 heavy (non-hydrogen) atoms. The van der Waals surface area contributed by atoms with E-state index < -0.39 is 4.92 Å². The summed E-state index contributed by atoms with van der Waals surface area (Å²) >= 11 is 0. The lowest BCUT2D eigenvalue weighted by Gasteiger charge is -2.09. The van der Waals surface area contributed by atoms with Crippen LogP contribution in [0.2, 0.25) is 0 Å². The molecule has 4 rings (SSSR count). The molecule has 0 bridgehead atoms. The quantitative estimate of drug-likeness (QED) is 0.378. The highest BCUT2D eigenvalue weighted by Gasteiger charge is 2.12. The molecule has 1 N–H and O–H groups in total. The van der Waals surface area contributed by atoms with Gasteiger partial charge in [-0.2, -0.15) is 0 Å². The predicted molar refractivity (Wildman–Crippen MR) is 113 cm³/mol. The highest BCUT2D eigenvalue weighted by Crippen LogP contribution is 2.31. The number of carbonyl (C=O) groups is 1. The van der Waals surface area contributed by atoms with Gasteiger partial charge < -0.3 is 9.73 Å². The third-order valence-corrected chi connectivity index (χ3v) is 4.68. The van der Waals surface area contributed by atoms with Gasteiger partial charge >= 0.3 is 0 Å². The van der Waals surface area contributed by atoms with Crippen molar-refractivity contribution in [1.82, 2.24) is 10.3 Å². The molecule has 4 aromatic rings. The summed E-state index contributed by atoms with van der Waals surface area (Å²) in [6, 6.07) is 20.9. The van der Waals surface area contributed by atoms with E-state index in [2.05, 4.69) is 10.3 Å². The van der Waals surface area contributed by atoms with E-state index in [0.29, 0.717) is 22.7 Å². The maximum atomic E-state index is 11.8. The number of rotatable bonds is 5. The molecule has 2 heterocycles. The van der Waals surface area contributed by atoms with Gasteiger partial charge in [0.1, 0.15) is 5.69 Å². The Morgan fingerprint density at radius 1 is 0.933 bits per heavy atom. The first-order chi connectivity index (χ1) is 14.5. The fourth-order valence-corrected chi connectivity index (χ4v) is 3.11. The summed E-state index contributed by atoms with van der Waals surface area (Å²) in [7, 11) is 1.59. The number of carbonyl (C=O) groups excluding carboxylic acids is 1. The Hall–Kier alpha value is -4.26. The number of nitro groups is 1. The van der Waals surface area contributed by atoms with E-state index in [9.17, 15) is 14.9 Å². The van der Waals surface area contributed by atoms with E-state index in [-0.39, 0.29) is 11.6 Å². The molecule has 0 radical (unpaired) electrons. The van der Waals surface area contributed by atoms with E-state index in [1.54, 1.807) is 43.6 Å². The van der Waals surface area contributed by atoms with Crippen molar-refractivity contribution in [3.8, 4) is 33.8 Å². The van der Waals surface area contributed by atoms with Crippen molar-refractivity contribution in [1.29, 1.82) is 0 Å². The maximum Gasteiger partial charge on any atom is 0.269 e. The van der Waals surface area contributed by atoms with Gasteiger partial charge in [-0.05, 0) is 59.7 Å². The van der Waals surface area contributed by atoms with Crippen LogP contribution in [0, 0.1) is 10.1 Å². The van der Waals surface area contributed by atoms with Crippen LogP contribution in [-0.2, 0) is 0 Å². The molecular formula is C23H17N3O4. The zero-order valence-electron chi connectivity index (χ0n) is 16.0. The molecule has 2 aromatic heterocycles. The van der Waals surface area contributed by atoms with Crippen LogP contribution >= 0.6 is 0 Å². The van der Waals surface area contributed by atoms with Crippen molar-refractivity contribution in [2.45, 2.75) is 0 Å². The standard InChI is InChI=1S/C23H17N3O4/c1-24-23(27)17-6-4-15(5-7-17)18-13-20(16-8-10-19(11-9-16)26(28)29)25-21(14-18)22-3-2-12-30-22/h2-14H,1H3,(H,24,27). The van der Waals surface area contributed by atoms with Crippen LogP contribution in [0.25, 0.3) is 33.8 Å². The number of nitro benzene ring substituents is 1. The van der Waals surface area contributed by atoms with Crippen LogP contribution in [0.15, 0.2) is 83.5 Å². The number of hydrogen-bond donors (Lipinski definition) is 1. The maximum absolute atomic E-state index is 11.8. The number of benzene rings is 2. The number of hydrogen-bond acceptors (Lipinski definition) is 5. The Bertz CT molecular complexity index is 1200. The van der Waals surface area contributed by atoms with Gasteiger partial charge in [0.15, 0.2) is 5.76 Å². The van der Waals surface area contributed by atoms with Crippen LogP contribution < -0.4 is 5.32 Å². The lowest BCUT2D eigenvalue weighted by atomic mass is 10.00. The SMILES string of the molecule is CNC(=O)c1ccc(-c2cc(-c3ccc([N+](=O)[O-])cc3)nc(-c3ccco3)c2)cc1. The number of non-ortho nitro benzene ring substituents is 1. The lowest BCUT2D eigenvalue weighted by Crippen LogP contribution is -2.17. The summed E-state index contributed by atoms with van der Waals surface area (Å²) in [4.78, 5) is 27.0. The van der Waals surface area contributed by atoms with E-state index in [4.69, 9.17) is 4.42 Å². The van der Waals surface area contributed by atoms with Crippen LogP contribution in [0.4, 0.5) is 5.69 Å². The summed E-state index contributed by atoms with van der Waals surface area (Å²) in [5, 5.41) is 13.5.